The van der Waals surface area contributed by atoms with Gasteiger partial charge in [0.1, 0.15) is 0 Å². The molecule has 0 spiro atoms. The molecule has 1 saturated heterocycles. The molecule has 3 rings (SSSR count). The number of amides is 1. The largest absolute Gasteiger partial charge is 0.340 e. The number of thiophene rings is 1. The summed E-state index contributed by atoms with van der Waals surface area (Å²) in [4.78, 5) is 18.1. The van der Waals surface area contributed by atoms with Crippen molar-refractivity contribution in [2.45, 2.75) is 19.4 Å². The van der Waals surface area contributed by atoms with Gasteiger partial charge < -0.3 is 10.2 Å². The molecule has 0 unspecified atom stereocenters. The van der Waals surface area contributed by atoms with Crippen LogP contribution in [0.1, 0.15) is 16.9 Å². The number of hydrogen-bond donors (Lipinski definition) is 1. The van der Waals surface area contributed by atoms with Gasteiger partial charge in [0, 0.05) is 37.6 Å². The lowest BCUT2D eigenvalue weighted by molar-refractivity contribution is -0.132. The van der Waals surface area contributed by atoms with Gasteiger partial charge >= 0.3 is 0 Å². The second-order valence-corrected chi connectivity index (χ2v) is 6.31. The smallest absolute Gasteiger partial charge is 0.236 e. The van der Waals surface area contributed by atoms with Gasteiger partial charge in [0.25, 0.3) is 0 Å². The highest BCUT2D eigenvalue weighted by molar-refractivity contribution is 7.10. The standard InChI is InChI=1S/C14H21N3OS/c18-14(17-6-1-4-15-5-8-17)11-16-7-2-13-12(10-16)3-9-19-13/h3,9,15H,1-2,4-8,10-11H2. The van der Waals surface area contributed by atoms with Gasteiger partial charge in [0.05, 0.1) is 6.54 Å². The molecule has 104 valence electrons. The molecule has 1 aromatic rings. The van der Waals surface area contributed by atoms with E-state index in [1.54, 1.807) is 0 Å². The minimum absolute atomic E-state index is 0.294. The normalized spacial score (nSPS) is 20.9. The van der Waals surface area contributed by atoms with E-state index < -0.39 is 0 Å². The first-order valence-electron chi connectivity index (χ1n) is 7.09. The highest BCUT2D eigenvalue weighted by Crippen LogP contribution is 2.23. The summed E-state index contributed by atoms with van der Waals surface area (Å²) in [6, 6.07) is 2.20. The van der Waals surface area contributed by atoms with Gasteiger partial charge in [0.2, 0.25) is 5.91 Å². The molecular weight excluding hydrogens is 258 g/mol. The van der Waals surface area contributed by atoms with Gasteiger partial charge in [0.15, 0.2) is 0 Å². The first-order valence-corrected chi connectivity index (χ1v) is 7.97. The zero-order chi connectivity index (χ0) is 13.1. The lowest BCUT2D eigenvalue weighted by Crippen LogP contribution is -2.43. The highest BCUT2D eigenvalue weighted by atomic mass is 32.1. The van der Waals surface area contributed by atoms with Crippen LogP contribution in [0.5, 0.6) is 0 Å². The Kier molecular flexibility index (Phi) is 4.15. The number of carbonyl (C=O) groups is 1. The Balaban J connectivity index is 1.55. The molecule has 5 heteroatoms. The summed E-state index contributed by atoms with van der Waals surface area (Å²) in [6.07, 6.45) is 2.17. The van der Waals surface area contributed by atoms with Crippen molar-refractivity contribution >= 4 is 17.2 Å². The van der Waals surface area contributed by atoms with E-state index in [2.05, 4.69) is 21.7 Å². The third-order valence-electron chi connectivity index (χ3n) is 3.94. The summed E-state index contributed by atoms with van der Waals surface area (Å²) in [5.41, 5.74) is 1.42. The molecule has 19 heavy (non-hydrogen) atoms. The fraction of sp³-hybridized carbons (Fsp3) is 0.643. The summed E-state index contributed by atoms with van der Waals surface area (Å²) >= 11 is 1.85. The van der Waals surface area contributed by atoms with Crippen LogP contribution in [0.25, 0.3) is 0 Å². The van der Waals surface area contributed by atoms with Crippen molar-refractivity contribution in [1.29, 1.82) is 0 Å². The third-order valence-corrected chi connectivity index (χ3v) is 4.96. The van der Waals surface area contributed by atoms with Gasteiger partial charge in [-0.25, -0.2) is 0 Å². The van der Waals surface area contributed by atoms with Crippen molar-refractivity contribution in [3.8, 4) is 0 Å². The molecule has 4 nitrogen and oxygen atoms in total. The lowest BCUT2D eigenvalue weighted by atomic mass is 10.1. The molecule has 1 aromatic heterocycles. The Labute approximate surface area is 118 Å². The van der Waals surface area contributed by atoms with Crippen LogP contribution in [0.3, 0.4) is 0 Å². The van der Waals surface area contributed by atoms with Crippen molar-refractivity contribution < 1.29 is 4.79 Å². The summed E-state index contributed by atoms with van der Waals surface area (Å²) < 4.78 is 0. The van der Waals surface area contributed by atoms with E-state index in [-0.39, 0.29) is 0 Å². The second kappa shape index (κ2) is 6.03. The number of nitrogens with one attached hydrogen (secondary N) is 1. The number of carbonyl (C=O) groups excluding carboxylic acids is 1. The van der Waals surface area contributed by atoms with Crippen LogP contribution >= 0.6 is 11.3 Å². The molecule has 0 aliphatic carbocycles. The summed E-state index contributed by atoms with van der Waals surface area (Å²) in [6.45, 7) is 6.27. The molecule has 0 saturated carbocycles. The quantitative estimate of drug-likeness (QED) is 0.875. The maximum atomic E-state index is 12.3. The average Bonchev–Trinajstić information content (AvgIpc) is 2.71. The summed E-state index contributed by atoms with van der Waals surface area (Å²) in [5, 5.41) is 5.50. The van der Waals surface area contributed by atoms with E-state index in [1.807, 2.05) is 16.2 Å². The molecule has 1 amide bonds. The molecule has 1 N–H and O–H groups in total. The Morgan fingerprint density at radius 2 is 2.26 bits per heavy atom. The lowest BCUT2D eigenvalue weighted by Gasteiger charge is -2.29. The minimum Gasteiger partial charge on any atom is -0.340 e. The number of hydrogen-bond acceptors (Lipinski definition) is 4. The molecule has 0 aromatic carbocycles. The van der Waals surface area contributed by atoms with Crippen molar-refractivity contribution in [2.24, 2.45) is 0 Å². The number of rotatable bonds is 2. The Hall–Kier alpha value is -0.910. The number of fused-ring (bicyclic) bond motifs is 1. The summed E-state index contributed by atoms with van der Waals surface area (Å²) in [5.74, 6) is 0.294. The van der Waals surface area contributed by atoms with E-state index in [4.69, 9.17) is 0 Å². The highest BCUT2D eigenvalue weighted by Gasteiger charge is 2.22. The maximum Gasteiger partial charge on any atom is 0.236 e. The first kappa shape index (κ1) is 13.1. The molecule has 0 bridgehead atoms. The van der Waals surface area contributed by atoms with E-state index in [1.165, 1.54) is 10.4 Å². The SMILES string of the molecule is O=C(CN1CCc2sccc2C1)N1CCCNCC1. The van der Waals surface area contributed by atoms with Gasteiger partial charge in [-0.1, -0.05) is 0 Å². The van der Waals surface area contributed by atoms with Crippen LogP contribution in [0.2, 0.25) is 0 Å². The molecule has 1 fully saturated rings. The van der Waals surface area contributed by atoms with Crippen molar-refractivity contribution in [1.82, 2.24) is 15.1 Å². The Morgan fingerprint density at radius 3 is 3.21 bits per heavy atom. The monoisotopic (exact) mass is 279 g/mol. The topological polar surface area (TPSA) is 35.6 Å². The van der Waals surface area contributed by atoms with Gasteiger partial charge in [-0.05, 0) is 36.4 Å². The molecule has 2 aliphatic rings. The molecular formula is C14H21N3OS. The van der Waals surface area contributed by atoms with Gasteiger partial charge in [-0.15, -0.1) is 11.3 Å². The van der Waals surface area contributed by atoms with E-state index in [9.17, 15) is 4.79 Å². The van der Waals surface area contributed by atoms with Crippen molar-refractivity contribution in [3.05, 3.63) is 21.9 Å². The second-order valence-electron chi connectivity index (χ2n) is 5.31. The van der Waals surface area contributed by atoms with E-state index in [0.29, 0.717) is 12.5 Å². The third kappa shape index (κ3) is 3.16. The molecule has 3 heterocycles. The minimum atomic E-state index is 0.294. The van der Waals surface area contributed by atoms with Gasteiger partial charge in [-0.3, -0.25) is 9.69 Å². The average molecular weight is 279 g/mol. The Morgan fingerprint density at radius 1 is 1.32 bits per heavy atom. The Bertz CT molecular complexity index is 438. The van der Waals surface area contributed by atoms with Crippen LogP contribution in [-0.2, 0) is 17.8 Å². The fourth-order valence-electron chi connectivity index (χ4n) is 2.83. The van der Waals surface area contributed by atoms with Crippen LogP contribution < -0.4 is 5.32 Å². The first-order chi connectivity index (χ1) is 9.33. The van der Waals surface area contributed by atoms with Gasteiger partial charge in [-0.2, -0.15) is 0 Å². The molecule has 0 radical (unpaired) electrons. The van der Waals surface area contributed by atoms with Crippen LogP contribution in [0.4, 0.5) is 0 Å². The molecule has 2 aliphatic heterocycles. The summed E-state index contributed by atoms with van der Waals surface area (Å²) in [7, 11) is 0. The van der Waals surface area contributed by atoms with Crippen molar-refractivity contribution in [3.63, 3.8) is 0 Å². The predicted molar refractivity (Wildman–Crippen MR) is 77.4 cm³/mol. The van der Waals surface area contributed by atoms with Crippen LogP contribution in [0.15, 0.2) is 11.4 Å². The van der Waals surface area contributed by atoms with E-state index >= 15 is 0 Å². The maximum absolute atomic E-state index is 12.3. The predicted octanol–water partition coefficient (Wildman–Crippen LogP) is 0.928. The van der Waals surface area contributed by atoms with E-state index in [0.717, 1.165) is 52.1 Å². The number of nitrogens with zero attached hydrogens (tertiary/aromatic N) is 2. The van der Waals surface area contributed by atoms with Crippen molar-refractivity contribution in [2.75, 3.05) is 39.3 Å². The van der Waals surface area contributed by atoms with Crippen LogP contribution in [0, 0.1) is 0 Å². The molecule has 0 atom stereocenters. The zero-order valence-electron chi connectivity index (χ0n) is 11.2. The fourth-order valence-corrected chi connectivity index (χ4v) is 3.72. The van der Waals surface area contributed by atoms with Crippen LogP contribution in [-0.4, -0.2) is 55.0 Å². The zero-order valence-corrected chi connectivity index (χ0v) is 12.0.